The van der Waals surface area contributed by atoms with E-state index in [0.29, 0.717) is 16.8 Å². The highest BCUT2D eigenvalue weighted by atomic mass is 16.3. The first-order valence-corrected chi connectivity index (χ1v) is 8.27. The minimum absolute atomic E-state index is 0.00456. The largest absolute Gasteiger partial charge is 0.385 e. The minimum Gasteiger partial charge on any atom is -0.385 e. The van der Waals surface area contributed by atoms with Crippen LogP contribution in [-0.2, 0) is 10.4 Å². The van der Waals surface area contributed by atoms with E-state index >= 15 is 0 Å². The molecule has 132 valence electrons. The van der Waals surface area contributed by atoms with Crippen LogP contribution in [0.3, 0.4) is 0 Å². The van der Waals surface area contributed by atoms with E-state index in [1.807, 2.05) is 32.0 Å². The molecule has 0 aliphatic carbocycles. The van der Waals surface area contributed by atoms with Gasteiger partial charge in [0.2, 0.25) is 5.91 Å². The van der Waals surface area contributed by atoms with Crippen LogP contribution in [0.5, 0.6) is 0 Å². The van der Waals surface area contributed by atoms with Crippen molar-refractivity contribution in [3.8, 4) is 0 Å². The molecule has 2 aromatic rings. The number of anilines is 1. The lowest BCUT2D eigenvalue weighted by atomic mass is 9.92. The average molecular weight is 340 g/mol. The van der Waals surface area contributed by atoms with Gasteiger partial charge in [-0.3, -0.25) is 9.59 Å². The van der Waals surface area contributed by atoms with Crippen LogP contribution in [0, 0.1) is 0 Å². The van der Waals surface area contributed by atoms with Gasteiger partial charge < -0.3 is 15.7 Å². The minimum atomic E-state index is -1.29. The molecule has 3 N–H and O–H groups in total. The van der Waals surface area contributed by atoms with Gasteiger partial charge in [-0.05, 0) is 38.5 Å². The molecule has 1 atom stereocenters. The summed E-state index contributed by atoms with van der Waals surface area (Å²) < 4.78 is 0. The Morgan fingerprint density at radius 3 is 2.28 bits per heavy atom. The monoisotopic (exact) mass is 340 g/mol. The molecule has 25 heavy (non-hydrogen) atoms. The Bertz CT molecular complexity index is 740. The van der Waals surface area contributed by atoms with Crippen LogP contribution >= 0.6 is 0 Å². The number of rotatable bonds is 6. The van der Waals surface area contributed by atoms with Gasteiger partial charge in [0, 0.05) is 6.04 Å². The zero-order chi connectivity index (χ0) is 18.4. The summed E-state index contributed by atoms with van der Waals surface area (Å²) in [6.45, 7) is 5.34. The molecule has 5 heteroatoms. The average Bonchev–Trinajstić information content (AvgIpc) is 2.55. The number of para-hydroxylation sites is 1. The van der Waals surface area contributed by atoms with E-state index in [9.17, 15) is 14.7 Å². The molecule has 0 heterocycles. The second kappa shape index (κ2) is 7.94. The lowest BCUT2D eigenvalue weighted by Gasteiger charge is -2.23. The van der Waals surface area contributed by atoms with Crippen LogP contribution < -0.4 is 10.6 Å². The summed E-state index contributed by atoms with van der Waals surface area (Å²) in [5.74, 6) is -0.612. The molecule has 0 aliphatic heterocycles. The lowest BCUT2D eigenvalue weighted by molar-refractivity contribution is -0.120. The fourth-order valence-corrected chi connectivity index (χ4v) is 2.54. The van der Waals surface area contributed by atoms with Crippen molar-refractivity contribution < 1.29 is 14.7 Å². The lowest BCUT2D eigenvalue weighted by Crippen LogP contribution is -2.32. The second-order valence-corrected chi connectivity index (χ2v) is 6.54. The molecule has 2 rings (SSSR count). The fraction of sp³-hybridized carbons (Fsp3) is 0.300. The van der Waals surface area contributed by atoms with Gasteiger partial charge in [0.05, 0.1) is 23.3 Å². The summed E-state index contributed by atoms with van der Waals surface area (Å²) in [5, 5.41) is 16.1. The number of amides is 2. The smallest absolute Gasteiger partial charge is 0.253 e. The molecule has 0 spiro atoms. The van der Waals surface area contributed by atoms with Gasteiger partial charge in [-0.2, -0.15) is 0 Å². The van der Waals surface area contributed by atoms with Crippen molar-refractivity contribution in [1.82, 2.24) is 5.32 Å². The van der Waals surface area contributed by atoms with E-state index in [4.69, 9.17) is 0 Å². The molecular weight excluding hydrogens is 316 g/mol. The highest BCUT2D eigenvalue weighted by Gasteiger charge is 2.27. The van der Waals surface area contributed by atoms with E-state index in [1.54, 1.807) is 43.3 Å². The third kappa shape index (κ3) is 5.16. The molecule has 2 aromatic carbocycles. The zero-order valence-electron chi connectivity index (χ0n) is 14.7. The Morgan fingerprint density at radius 1 is 1.04 bits per heavy atom. The molecule has 0 saturated heterocycles. The molecule has 0 bridgehead atoms. The molecule has 2 amide bonds. The number of hydrogen-bond acceptors (Lipinski definition) is 3. The third-order valence-corrected chi connectivity index (χ3v) is 3.77. The standard InChI is InChI=1S/C20H24N2O3/c1-14(2)21-19(24)16-11-7-8-12-17(16)22-18(23)13-20(3,25)15-9-5-4-6-10-15/h4-12,14,25H,13H2,1-3H3,(H,21,24)(H,22,23). The fourth-order valence-electron chi connectivity index (χ4n) is 2.54. The number of benzene rings is 2. The van der Waals surface area contributed by atoms with Crippen LogP contribution in [0.4, 0.5) is 5.69 Å². The van der Waals surface area contributed by atoms with Crippen molar-refractivity contribution in [2.24, 2.45) is 0 Å². The molecular formula is C20H24N2O3. The normalized spacial score (nSPS) is 13.2. The Morgan fingerprint density at radius 2 is 1.64 bits per heavy atom. The predicted molar refractivity (Wildman–Crippen MR) is 98.3 cm³/mol. The van der Waals surface area contributed by atoms with Crippen molar-refractivity contribution in [2.75, 3.05) is 5.32 Å². The zero-order valence-corrected chi connectivity index (χ0v) is 14.7. The van der Waals surface area contributed by atoms with Crippen molar-refractivity contribution in [2.45, 2.75) is 38.8 Å². The first kappa shape index (κ1) is 18.7. The first-order valence-electron chi connectivity index (χ1n) is 8.27. The van der Waals surface area contributed by atoms with E-state index in [2.05, 4.69) is 10.6 Å². The number of carbonyl (C=O) groups is 2. The topological polar surface area (TPSA) is 78.4 Å². The van der Waals surface area contributed by atoms with Crippen molar-refractivity contribution in [3.63, 3.8) is 0 Å². The van der Waals surface area contributed by atoms with Gasteiger partial charge in [-0.15, -0.1) is 0 Å². The molecule has 1 unspecified atom stereocenters. The van der Waals surface area contributed by atoms with Crippen molar-refractivity contribution >= 4 is 17.5 Å². The maximum absolute atomic E-state index is 12.4. The molecule has 0 radical (unpaired) electrons. The quantitative estimate of drug-likeness (QED) is 0.756. The third-order valence-electron chi connectivity index (χ3n) is 3.77. The van der Waals surface area contributed by atoms with Crippen molar-refractivity contribution in [1.29, 1.82) is 0 Å². The Labute approximate surface area is 148 Å². The number of aliphatic hydroxyl groups is 1. The van der Waals surface area contributed by atoms with E-state index in [0.717, 1.165) is 0 Å². The van der Waals surface area contributed by atoms with Crippen LogP contribution in [0.1, 0.15) is 43.1 Å². The Kier molecular flexibility index (Phi) is 5.93. The van der Waals surface area contributed by atoms with Crippen LogP contribution in [0.25, 0.3) is 0 Å². The summed E-state index contributed by atoms with van der Waals surface area (Å²) in [7, 11) is 0. The highest BCUT2D eigenvalue weighted by Crippen LogP contribution is 2.25. The van der Waals surface area contributed by atoms with Crippen LogP contribution in [0.2, 0.25) is 0 Å². The van der Waals surface area contributed by atoms with Crippen LogP contribution in [-0.4, -0.2) is 23.0 Å². The molecule has 0 aromatic heterocycles. The predicted octanol–water partition coefficient (Wildman–Crippen LogP) is 3.06. The summed E-state index contributed by atoms with van der Waals surface area (Å²) in [4.78, 5) is 24.6. The number of carbonyl (C=O) groups excluding carboxylic acids is 2. The van der Waals surface area contributed by atoms with E-state index < -0.39 is 5.60 Å². The maximum Gasteiger partial charge on any atom is 0.253 e. The Hall–Kier alpha value is -2.66. The van der Waals surface area contributed by atoms with Gasteiger partial charge in [0.15, 0.2) is 0 Å². The second-order valence-electron chi connectivity index (χ2n) is 6.54. The SMILES string of the molecule is CC(C)NC(=O)c1ccccc1NC(=O)CC(C)(O)c1ccccc1. The summed E-state index contributed by atoms with van der Waals surface area (Å²) in [6, 6.07) is 15.8. The molecule has 0 aliphatic rings. The van der Waals surface area contributed by atoms with Crippen molar-refractivity contribution in [3.05, 3.63) is 65.7 Å². The highest BCUT2D eigenvalue weighted by molar-refractivity contribution is 6.04. The Balaban J connectivity index is 2.12. The molecule has 0 saturated carbocycles. The van der Waals surface area contributed by atoms with Gasteiger partial charge >= 0.3 is 0 Å². The summed E-state index contributed by atoms with van der Waals surface area (Å²) in [6.07, 6.45) is -0.114. The first-order chi connectivity index (χ1) is 11.8. The summed E-state index contributed by atoms with van der Waals surface area (Å²) in [5.41, 5.74) is 0.190. The number of hydrogen-bond donors (Lipinski definition) is 3. The number of nitrogens with one attached hydrogen (secondary N) is 2. The van der Waals surface area contributed by atoms with E-state index in [-0.39, 0.29) is 24.3 Å². The molecule has 0 fully saturated rings. The van der Waals surface area contributed by atoms with Gasteiger partial charge in [0.25, 0.3) is 5.91 Å². The van der Waals surface area contributed by atoms with Gasteiger partial charge in [0.1, 0.15) is 0 Å². The van der Waals surface area contributed by atoms with E-state index in [1.165, 1.54) is 0 Å². The van der Waals surface area contributed by atoms with Gasteiger partial charge in [-0.25, -0.2) is 0 Å². The van der Waals surface area contributed by atoms with Gasteiger partial charge in [-0.1, -0.05) is 42.5 Å². The molecule has 5 nitrogen and oxygen atoms in total. The summed E-state index contributed by atoms with van der Waals surface area (Å²) >= 11 is 0. The van der Waals surface area contributed by atoms with Crippen LogP contribution in [0.15, 0.2) is 54.6 Å². The maximum atomic E-state index is 12.4.